The van der Waals surface area contributed by atoms with E-state index in [0.29, 0.717) is 18.5 Å². The highest BCUT2D eigenvalue weighted by atomic mass is 16.3. The van der Waals surface area contributed by atoms with E-state index >= 15 is 0 Å². The number of nitrogens with zero attached hydrogens (tertiary/aromatic N) is 2. The van der Waals surface area contributed by atoms with Crippen molar-refractivity contribution >= 4 is 5.91 Å². The van der Waals surface area contributed by atoms with Crippen LogP contribution in [0.4, 0.5) is 0 Å². The fourth-order valence-electron chi connectivity index (χ4n) is 2.83. The zero-order valence-corrected chi connectivity index (χ0v) is 12.7. The fraction of sp³-hybridized carbons (Fsp3) is 0.353. The summed E-state index contributed by atoms with van der Waals surface area (Å²) < 4.78 is 1.19. The van der Waals surface area contributed by atoms with E-state index in [2.05, 4.69) is 10.4 Å². The molecule has 0 atom stereocenters. The van der Waals surface area contributed by atoms with Gasteiger partial charge >= 0.3 is 0 Å². The molecular weight excluding hydrogens is 294 g/mol. The quantitative estimate of drug-likeness (QED) is 0.890. The first-order valence-electron chi connectivity index (χ1n) is 7.74. The first kappa shape index (κ1) is 15.4. The number of hydrogen-bond acceptors (Lipinski definition) is 4. The second kappa shape index (κ2) is 6.34. The Balaban J connectivity index is 1.78. The largest absolute Gasteiger partial charge is 0.388 e. The molecule has 1 aliphatic carbocycles. The molecule has 2 aromatic rings. The van der Waals surface area contributed by atoms with E-state index in [0.717, 1.165) is 12.8 Å². The predicted molar refractivity (Wildman–Crippen MR) is 85.6 cm³/mol. The van der Waals surface area contributed by atoms with Crippen molar-refractivity contribution < 1.29 is 9.90 Å². The smallest absolute Gasteiger partial charge is 0.271 e. The van der Waals surface area contributed by atoms with Crippen LogP contribution in [0.5, 0.6) is 0 Å². The molecule has 0 saturated heterocycles. The van der Waals surface area contributed by atoms with Gasteiger partial charge in [0.2, 0.25) is 0 Å². The topological polar surface area (TPSA) is 84.2 Å². The molecule has 1 saturated carbocycles. The number of hydrogen-bond donors (Lipinski definition) is 2. The molecule has 0 spiro atoms. The van der Waals surface area contributed by atoms with Crippen LogP contribution in [0.1, 0.15) is 36.2 Å². The molecule has 3 rings (SSSR count). The molecule has 120 valence electrons. The number of aromatic nitrogens is 2. The third-order valence-electron chi connectivity index (χ3n) is 4.15. The Hall–Kier alpha value is -2.47. The van der Waals surface area contributed by atoms with Crippen LogP contribution >= 0.6 is 0 Å². The van der Waals surface area contributed by atoms with Gasteiger partial charge in [-0.2, -0.15) is 9.78 Å². The van der Waals surface area contributed by atoms with Gasteiger partial charge in [-0.1, -0.05) is 31.0 Å². The molecular formula is C17H19N3O3. The maximum absolute atomic E-state index is 12.2. The molecule has 1 amide bonds. The van der Waals surface area contributed by atoms with Crippen LogP contribution in [0.2, 0.25) is 0 Å². The highest BCUT2D eigenvalue weighted by molar-refractivity contribution is 5.92. The number of amides is 1. The second-order valence-electron chi connectivity index (χ2n) is 5.92. The normalized spacial score (nSPS) is 16.2. The number of carbonyl (C=O) groups is 1. The third-order valence-corrected chi connectivity index (χ3v) is 4.15. The Bertz CT molecular complexity index is 749. The Morgan fingerprint density at radius 2 is 1.87 bits per heavy atom. The van der Waals surface area contributed by atoms with Crippen molar-refractivity contribution in [3.8, 4) is 5.69 Å². The summed E-state index contributed by atoms with van der Waals surface area (Å²) >= 11 is 0. The van der Waals surface area contributed by atoms with Crippen molar-refractivity contribution in [1.29, 1.82) is 0 Å². The molecule has 0 unspecified atom stereocenters. The van der Waals surface area contributed by atoms with Crippen LogP contribution in [-0.2, 0) is 0 Å². The van der Waals surface area contributed by atoms with E-state index in [1.807, 2.05) is 6.07 Å². The molecule has 6 nitrogen and oxygen atoms in total. The molecule has 6 heteroatoms. The van der Waals surface area contributed by atoms with Crippen molar-refractivity contribution in [1.82, 2.24) is 15.1 Å². The molecule has 1 aliphatic rings. The summed E-state index contributed by atoms with van der Waals surface area (Å²) in [7, 11) is 0. The predicted octanol–water partition coefficient (Wildman–Crippen LogP) is 1.27. The summed E-state index contributed by atoms with van der Waals surface area (Å²) in [4.78, 5) is 24.2. The van der Waals surface area contributed by atoms with Gasteiger partial charge in [0.15, 0.2) is 0 Å². The molecule has 0 aliphatic heterocycles. The van der Waals surface area contributed by atoms with Gasteiger partial charge in [0.25, 0.3) is 11.5 Å². The van der Waals surface area contributed by atoms with Gasteiger partial charge in [-0.25, -0.2) is 0 Å². The molecule has 23 heavy (non-hydrogen) atoms. The van der Waals surface area contributed by atoms with Gasteiger partial charge in [-0.3, -0.25) is 9.59 Å². The summed E-state index contributed by atoms with van der Waals surface area (Å²) in [5.74, 6) is -0.394. The first-order chi connectivity index (χ1) is 11.1. The number of aliphatic hydroxyl groups is 1. The van der Waals surface area contributed by atoms with Gasteiger partial charge in [-0.15, -0.1) is 0 Å². The van der Waals surface area contributed by atoms with Gasteiger partial charge < -0.3 is 10.4 Å². The summed E-state index contributed by atoms with van der Waals surface area (Å²) in [6.07, 6.45) is 3.35. The van der Waals surface area contributed by atoms with Crippen LogP contribution in [0.15, 0.2) is 47.3 Å². The Labute approximate surface area is 133 Å². The lowest BCUT2D eigenvalue weighted by molar-refractivity contribution is 0.0448. The zero-order valence-electron chi connectivity index (χ0n) is 12.7. The number of carbonyl (C=O) groups excluding carboxylic acids is 1. The van der Waals surface area contributed by atoms with E-state index in [4.69, 9.17) is 0 Å². The van der Waals surface area contributed by atoms with Crippen molar-refractivity contribution in [2.24, 2.45) is 0 Å². The van der Waals surface area contributed by atoms with E-state index in [1.165, 1.54) is 16.8 Å². The minimum Gasteiger partial charge on any atom is -0.388 e. The van der Waals surface area contributed by atoms with Crippen molar-refractivity contribution in [2.45, 2.75) is 31.3 Å². The van der Waals surface area contributed by atoms with Crippen LogP contribution in [0, 0.1) is 0 Å². The summed E-state index contributed by atoms with van der Waals surface area (Å²) in [5.41, 5.74) is -0.373. The van der Waals surface area contributed by atoms with E-state index in [-0.39, 0.29) is 17.8 Å². The highest BCUT2D eigenvalue weighted by Crippen LogP contribution is 2.28. The maximum atomic E-state index is 12.2. The Morgan fingerprint density at radius 3 is 2.57 bits per heavy atom. The lowest BCUT2D eigenvalue weighted by atomic mass is 10.0. The SMILES string of the molecule is O=C(NCC1(O)CCCC1)c1ccc(=O)n(-c2ccccc2)n1. The zero-order chi connectivity index (χ0) is 16.3. The molecule has 1 aromatic carbocycles. The van der Waals surface area contributed by atoms with Gasteiger partial charge in [0.1, 0.15) is 5.69 Å². The van der Waals surface area contributed by atoms with Crippen LogP contribution < -0.4 is 10.9 Å². The minimum absolute atomic E-state index is 0.148. The molecule has 1 fully saturated rings. The van der Waals surface area contributed by atoms with Crippen molar-refractivity contribution in [2.75, 3.05) is 6.54 Å². The number of nitrogens with one attached hydrogen (secondary N) is 1. The van der Waals surface area contributed by atoms with E-state index in [9.17, 15) is 14.7 Å². The summed E-state index contributed by atoms with van der Waals surface area (Å²) in [5, 5.41) is 17.1. The van der Waals surface area contributed by atoms with Gasteiger partial charge in [0, 0.05) is 12.6 Å². The molecule has 1 aromatic heterocycles. The number of para-hydroxylation sites is 1. The highest BCUT2D eigenvalue weighted by Gasteiger charge is 2.31. The second-order valence-corrected chi connectivity index (χ2v) is 5.92. The van der Waals surface area contributed by atoms with Crippen LogP contribution in [0.3, 0.4) is 0 Å². The average Bonchev–Trinajstić information content (AvgIpc) is 3.01. The van der Waals surface area contributed by atoms with Gasteiger partial charge in [-0.05, 0) is 31.0 Å². The van der Waals surface area contributed by atoms with Gasteiger partial charge in [0.05, 0.1) is 11.3 Å². The van der Waals surface area contributed by atoms with Crippen LogP contribution in [0.25, 0.3) is 5.69 Å². The lowest BCUT2D eigenvalue weighted by Crippen LogP contribution is -2.41. The third kappa shape index (κ3) is 3.48. The standard InChI is InChI=1S/C17H19N3O3/c21-15-9-8-14(19-20(15)13-6-2-1-3-7-13)16(22)18-12-17(23)10-4-5-11-17/h1-3,6-9,23H,4-5,10-12H2,(H,18,22). The molecule has 2 N–H and O–H groups in total. The van der Waals surface area contributed by atoms with Crippen molar-refractivity contribution in [3.63, 3.8) is 0 Å². The monoisotopic (exact) mass is 313 g/mol. The van der Waals surface area contributed by atoms with Crippen LogP contribution in [-0.4, -0.2) is 32.9 Å². The first-order valence-corrected chi connectivity index (χ1v) is 7.74. The molecule has 0 radical (unpaired) electrons. The summed E-state index contributed by atoms with van der Waals surface area (Å²) in [6, 6.07) is 11.6. The lowest BCUT2D eigenvalue weighted by Gasteiger charge is -2.22. The van der Waals surface area contributed by atoms with E-state index in [1.54, 1.807) is 24.3 Å². The minimum atomic E-state index is -0.816. The summed E-state index contributed by atoms with van der Waals surface area (Å²) in [6.45, 7) is 0.206. The fourth-order valence-corrected chi connectivity index (χ4v) is 2.83. The van der Waals surface area contributed by atoms with Crippen molar-refractivity contribution in [3.05, 3.63) is 58.5 Å². The maximum Gasteiger partial charge on any atom is 0.271 e. The average molecular weight is 313 g/mol. The Morgan fingerprint density at radius 1 is 1.17 bits per heavy atom. The Kier molecular flexibility index (Phi) is 4.25. The molecule has 0 bridgehead atoms. The van der Waals surface area contributed by atoms with E-state index < -0.39 is 11.5 Å². The molecule has 1 heterocycles. The number of benzene rings is 1. The number of rotatable bonds is 4.